The van der Waals surface area contributed by atoms with Crippen LogP contribution in [0.5, 0.6) is 11.5 Å². The number of oxazole rings is 2. The zero-order valence-electron chi connectivity index (χ0n) is 18.8. The Balaban J connectivity index is 1.25. The number of hydrogen-bond acceptors (Lipinski definition) is 6. The third kappa shape index (κ3) is 3.81. The number of fused-ring (bicyclic) bond motifs is 2. The van der Waals surface area contributed by atoms with Crippen LogP contribution in [-0.4, -0.2) is 20.2 Å². The normalized spacial score (nSPS) is 11.7. The number of nitrogens with zero attached hydrogens (tertiary/aromatic N) is 2. The Kier molecular flexibility index (Phi) is 4.85. The number of para-hydroxylation sites is 2. The number of rotatable bonds is 4. The summed E-state index contributed by atoms with van der Waals surface area (Å²) in [7, 11) is 0. The molecular formula is C29H20N2O4. The van der Waals surface area contributed by atoms with Crippen molar-refractivity contribution in [3.63, 3.8) is 0 Å². The van der Waals surface area contributed by atoms with Crippen LogP contribution in [0.4, 0.5) is 0 Å². The minimum atomic E-state index is -0.278. The van der Waals surface area contributed by atoms with E-state index in [1.165, 1.54) is 0 Å². The number of aryl methyl sites for hydroxylation is 1. The molecule has 6 nitrogen and oxygen atoms in total. The SMILES string of the molecule is Cc1ccc2oc(-c3ccc(C=Cc4ccc(-c5nc6ccccc6o5)c(O)c4O)cc3)nc2c1. The quantitative estimate of drug-likeness (QED) is 0.214. The van der Waals surface area contributed by atoms with E-state index in [4.69, 9.17) is 8.83 Å². The van der Waals surface area contributed by atoms with Gasteiger partial charge in [0.15, 0.2) is 22.7 Å². The van der Waals surface area contributed by atoms with Crippen LogP contribution in [0.1, 0.15) is 16.7 Å². The second-order valence-electron chi connectivity index (χ2n) is 8.33. The third-order valence-electron chi connectivity index (χ3n) is 5.86. The molecule has 0 radical (unpaired) electrons. The highest BCUT2D eigenvalue weighted by molar-refractivity contribution is 5.82. The van der Waals surface area contributed by atoms with E-state index in [-0.39, 0.29) is 17.4 Å². The maximum absolute atomic E-state index is 10.6. The average molecular weight is 460 g/mol. The highest BCUT2D eigenvalue weighted by Crippen LogP contribution is 2.40. The molecule has 0 unspecified atom stereocenters. The lowest BCUT2D eigenvalue weighted by molar-refractivity contribution is 0.403. The molecule has 0 atom stereocenters. The van der Waals surface area contributed by atoms with Gasteiger partial charge in [-0.1, -0.05) is 48.6 Å². The van der Waals surface area contributed by atoms with E-state index in [9.17, 15) is 10.2 Å². The minimum Gasteiger partial charge on any atom is -0.504 e. The van der Waals surface area contributed by atoms with Crippen molar-refractivity contribution in [1.29, 1.82) is 0 Å². The van der Waals surface area contributed by atoms with E-state index >= 15 is 0 Å². The molecule has 0 fully saturated rings. The summed E-state index contributed by atoms with van der Waals surface area (Å²) in [5, 5.41) is 21.2. The highest BCUT2D eigenvalue weighted by Gasteiger charge is 2.17. The van der Waals surface area contributed by atoms with E-state index in [0.717, 1.165) is 27.8 Å². The van der Waals surface area contributed by atoms with E-state index in [1.807, 2.05) is 73.7 Å². The maximum Gasteiger partial charge on any atom is 0.231 e. The molecule has 6 aromatic rings. The van der Waals surface area contributed by atoms with Crippen LogP contribution < -0.4 is 0 Å². The van der Waals surface area contributed by atoms with Gasteiger partial charge in [0.1, 0.15) is 11.0 Å². The van der Waals surface area contributed by atoms with Gasteiger partial charge >= 0.3 is 0 Å². The van der Waals surface area contributed by atoms with Crippen molar-refractivity contribution in [2.75, 3.05) is 0 Å². The van der Waals surface area contributed by atoms with Crippen molar-refractivity contribution < 1.29 is 19.0 Å². The molecule has 0 aliphatic rings. The third-order valence-corrected chi connectivity index (χ3v) is 5.86. The molecule has 0 saturated carbocycles. The summed E-state index contributed by atoms with van der Waals surface area (Å²) in [5.41, 5.74) is 6.61. The van der Waals surface area contributed by atoms with Crippen LogP contribution in [0.3, 0.4) is 0 Å². The van der Waals surface area contributed by atoms with Crippen LogP contribution in [-0.2, 0) is 0 Å². The number of aromatic hydroxyl groups is 2. The lowest BCUT2D eigenvalue weighted by atomic mass is 10.1. The molecule has 0 amide bonds. The second-order valence-corrected chi connectivity index (χ2v) is 8.33. The Morgan fingerprint density at radius 2 is 1.43 bits per heavy atom. The van der Waals surface area contributed by atoms with Gasteiger partial charge in [-0.2, -0.15) is 0 Å². The fraction of sp³-hybridized carbons (Fsp3) is 0.0345. The lowest BCUT2D eigenvalue weighted by Crippen LogP contribution is -1.83. The number of benzene rings is 4. The molecule has 0 saturated heterocycles. The molecule has 2 aromatic heterocycles. The molecule has 4 aromatic carbocycles. The smallest absolute Gasteiger partial charge is 0.231 e. The van der Waals surface area contributed by atoms with Crippen molar-refractivity contribution in [3.8, 4) is 34.4 Å². The topological polar surface area (TPSA) is 92.5 Å². The number of phenolic OH excluding ortho intramolecular Hbond substituents is 2. The predicted molar refractivity (Wildman–Crippen MR) is 136 cm³/mol. The number of aromatic nitrogens is 2. The molecular weight excluding hydrogens is 440 g/mol. The maximum atomic E-state index is 10.6. The van der Waals surface area contributed by atoms with Gasteiger partial charge in [-0.05, 0) is 60.5 Å². The summed E-state index contributed by atoms with van der Waals surface area (Å²) >= 11 is 0. The standard InChI is InChI=1S/C29H20N2O4/c1-17-6-15-25-23(16-17)31-28(34-25)20-11-8-18(9-12-20)7-10-19-13-14-21(27(33)26(19)32)29-30-22-4-2-3-5-24(22)35-29/h2-16,32-33H,1H3. The first kappa shape index (κ1) is 20.7. The largest absolute Gasteiger partial charge is 0.504 e. The summed E-state index contributed by atoms with van der Waals surface area (Å²) in [5.74, 6) is 0.303. The first-order chi connectivity index (χ1) is 17.0. The van der Waals surface area contributed by atoms with Crippen LogP contribution in [0.25, 0.3) is 57.3 Å². The molecule has 2 N–H and O–H groups in total. The van der Waals surface area contributed by atoms with E-state index in [0.29, 0.717) is 28.1 Å². The van der Waals surface area contributed by atoms with Gasteiger partial charge in [0.2, 0.25) is 11.8 Å². The molecule has 0 aliphatic carbocycles. The molecule has 6 heteroatoms. The van der Waals surface area contributed by atoms with Crippen LogP contribution >= 0.6 is 0 Å². The summed E-state index contributed by atoms with van der Waals surface area (Å²) in [4.78, 5) is 8.97. The summed E-state index contributed by atoms with van der Waals surface area (Å²) in [6, 6.07) is 24.4. The summed E-state index contributed by atoms with van der Waals surface area (Å²) < 4.78 is 11.6. The average Bonchev–Trinajstić information content (AvgIpc) is 3.49. The van der Waals surface area contributed by atoms with Crippen LogP contribution in [0.2, 0.25) is 0 Å². The first-order valence-electron chi connectivity index (χ1n) is 11.1. The fourth-order valence-electron chi connectivity index (χ4n) is 3.97. The number of hydrogen-bond donors (Lipinski definition) is 2. The Bertz CT molecular complexity index is 1690. The molecule has 0 spiro atoms. The fourth-order valence-corrected chi connectivity index (χ4v) is 3.97. The lowest BCUT2D eigenvalue weighted by Gasteiger charge is -2.06. The van der Waals surface area contributed by atoms with E-state index in [2.05, 4.69) is 9.97 Å². The van der Waals surface area contributed by atoms with E-state index in [1.54, 1.807) is 24.3 Å². The van der Waals surface area contributed by atoms with Gasteiger partial charge in [-0.15, -0.1) is 0 Å². The Morgan fingerprint density at radius 1 is 0.686 bits per heavy atom. The Hall–Kier alpha value is -4.84. The summed E-state index contributed by atoms with van der Waals surface area (Å²) in [6.07, 6.45) is 3.59. The molecule has 0 aliphatic heterocycles. The number of phenols is 2. The first-order valence-corrected chi connectivity index (χ1v) is 11.1. The molecule has 0 bridgehead atoms. The van der Waals surface area contributed by atoms with Crippen molar-refractivity contribution in [3.05, 3.63) is 95.6 Å². The van der Waals surface area contributed by atoms with Crippen LogP contribution in [0.15, 0.2) is 87.7 Å². The Morgan fingerprint density at radius 3 is 2.26 bits per heavy atom. The highest BCUT2D eigenvalue weighted by atomic mass is 16.4. The molecule has 2 heterocycles. The molecule has 6 rings (SSSR count). The van der Waals surface area contributed by atoms with Crippen molar-refractivity contribution >= 4 is 34.4 Å². The van der Waals surface area contributed by atoms with Gasteiger partial charge in [0.05, 0.1) is 5.56 Å². The van der Waals surface area contributed by atoms with Gasteiger partial charge in [0.25, 0.3) is 0 Å². The molecule has 35 heavy (non-hydrogen) atoms. The monoisotopic (exact) mass is 460 g/mol. The zero-order chi connectivity index (χ0) is 23.9. The zero-order valence-corrected chi connectivity index (χ0v) is 18.8. The van der Waals surface area contributed by atoms with Crippen molar-refractivity contribution in [1.82, 2.24) is 9.97 Å². The van der Waals surface area contributed by atoms with Gasteiger partial charge in [-0.25, -0.2) is 9.97 Å². The second kappa shape index (κ2) is 8.18. The van der Waals surface area contributed by atoms with Crippen LogP contribution in [0, 0.1) is 6.92 Å². The van der Waals surface area contributed by atoms with Gasteiger partial charge < -0.3 is 19.0 Å². The van der Waals surface area contributed by atoms with Crippen molar-refractivity contribution in [2.45, 2.75) is 6.92 Å². The van der Waals surface area contributed by atoms with E-state index < -0.39 is 0 Å². The van der Waals surface area contributed by atoms with Gasteiger partial charge in [0, 0.05) is 11.1 Å². The molecule has 170 valence electrons. The summed E-state index contributed by atoms with van der Waals surface area (Å²) in [6.45, 7) is 2.02. The van der Waals surface area contributed by atoms with Crippen molar-refractivity contribution in [2.24, 2.45) is 0 Å². The Labute approximate surface area is 200 Å². The predicted octanol–water partition coefficient (Wildman–Crippen LogP) is 7.19. The minimum absolute atomic E-state index is 0.237. The van der Waals surface area contributed by atoms with Gasteiger partial charge in [-0.3, -0.25) is 0 Å².